The van der Waals surface area contributed by atoms with Crippen LogP contribution in [0.25, 0.3) is 15.9 Å². The van der Waals surface area contributed by atoms with Gasteiger partial charge >= 0.3 is 0 Å². The molecule has 3 rings (SSSR count). The number of hydrogen-bond donors (Lipinski definition) is 2. The lowest BCUT2D eigenvalue weighted by molar-refractivity contribution is -0.0822. The van der Waals surface area contributed by atoms with Gasteiger partial charge in [-0.3, -0.25) is 0 Å². The average Bonchev–Trinajstić information content (AvgIpc) is 2.88. The molecule has 22 heavy (non-hydrogen) atoms. The molecule has 1 aliphatic carbocycles. The van der Waals surface area contributed by atoms with E-state index in [0.717, 1.165) is 30.4 Å². The fraction of sp³-hybridized carbons (Fsp3) is 0.529. The van der Waals surface area contributed by atoms with Crippen molar-refractivity contribution in [2.24, 2.45) is 5.41 Å². The zero-order valence-electron chi connectivity index (χ0n) is 12.8. The summed E-state index contributed by atoms with van der Waals surface area (Å²) in [6.45, 7) is 9.84. The van der Waals surface area contributed by atoms with Gasteiger partial charge in [0.25, 0.3) is 0 Å². The largest absolute Gasteiger partial charge is 0.393 e. The predicted molar refractivity (Wildman–Crippen MR) is 84.6 cm³/mol. The van der Waals surface area contributed by atoms with Crippen molar-refractivity contribution in [1.29, 1.82) is 0 Å². The molecule has 0 bridgehead atoms. The lowest BCUT2D eigenvalue weighted by Crippen LogP contribution is -2.44. The van der Waals surface area contributed by atoms with E-state index in [0.29, 0.717) is 18.5 Å². The summed E-state index contributed by atoms with van der Waals surface area (Å²) in [4.78, 5) is 7.87. The van der Waals surface area contributed by atoms with E-state index in [1.54, 1.807) is 12.4 Å². The van der Waals surface area contributed by atoms with Crippen LogP contribution in [0.4, 0.5) is 5.69 Å². The van der Waals surface area contributed by atoms with Gasteiger partial charge in [-0.2, -0.15) is 0 Å². The minimum Gasteiger partial charge on any atom is -0.393 e. The maximum atomic E-state index is 10.4. The molecule has 0 amide bonds. The molecule has 5 heteroatoms. The summed E-state index contributed by atoms with van der Waals surface area (Å²) in [6.07, 6.45) is 4.96. The number of hydrogen-bond acceptors (Lipinski definition) is 3. The third-order valence-electron chi connectivity index (χ3n) is 4.76. The van der Waals surface area contributed by atoms with Gasteiger partial charge < -0.3 is 14.8 Å². The average molecular weight is 299 g/mol. The van der Waals surface area contributed by atoms with Gasteiger partial charge in [0.05, 0.1) is 36.1 Å². The summed E-state index contributed by atoms with van der Waals surface area (Å²) in [5.41, 5.74) is 1.38. The minimum atomic E-state index is -0.967. The molecule has 116 valence electrons. The van der Waals surface area contributed by atoms with Gasteiger partial charge in [-0.25, -0.2) is 9.83 Å². The molecule has 1 saturated carbocycles. The Balaban J connectivity index is 1.91. The smallest absolute Gasteiger partial charge is 0.189 e. The Labute approximate surface area is 130 Å². The van der Waals surface area contributed by atoms with Gasteiger partial charge in [-0.1, -0.05) is 13.0 Å². The van der Waals surface area contributed by atoms with Crippen molar-refractivity contribution in [2.45, 2.75) is 44.8 Å². The molecule has 0 saturated heterocycles. The number of imidazole rings is 1. The van der Waals surface area contributed by atoms with E-state index >= 15 is 0 Å². The zero-order chi connectivity index (χ0) is 15.8. The molecule has 0 aliphatic heterocycles. The van der Waals surface area contributed by atoms with Crippen molar-refractivity contribution >= 4 is 16.7 Å². The maximum Gasteiger partial charge on any atom is 0.189 e. The van der Waals surface area contributed by atoms with E-state index in [9.17, 15) is 10.2 Å². The molecule has 5 nitrogen and oxygen atoms in total. The topological polar surface area (TPSA) is 62.6 Å². The molecule has 0 unspecified atom stereocenters. The fourth-order valence-electron chi connectivity index (χ4n) is 3.74. The van der Waals surface area contributed by atoms with E-state index in [4.69, 9.17) is 6.57 Å². The van der Waals surface area contributed by atoms with Crippen LogP contribution < -0.4 is 0 Å². The summed E-state index contributed by atoms with van der Waals surface area (Å²) in [5.74, 6) is 0. The van der Waals surface area contributed by atoms with Gasteiger partial charge in [0.1, 0.15) is 0 Å². The molecule has 1 fully saturated rings. The molecular formula is C17H21N3O2. The van der Waals surface area contributed by atoms with Crippen molar-refractivity contribution < 1.29 is 10.2 Å². The normalized spacial score (nSPS) is 28.6. The SMILES string of the molecule is [C-]#[N+]c1ccc2ncn(C[C@@]3(C)CCC[C@@](O)(CO)C3)c2c1. The summed E-state index contributed by atoms with van der Waals surface area (Å²) in [7, 11) is 0. The monoisotopic (exact) mass is 299 g/mol. The summed E-state index contributed by atoms with van der Waals surface area (Å²) >= 11 is 0. The standard InChI is InChI=1S/C17H21N3O2/c1-16(6-3-7-17(22,9-16)11-21)10-20-12-19-14-5-4-13(18-2)8-15(14)20/h4-5,8,12,21-22H,3,6-7,9-11H2,1H3/t16-,17-/m0/s1. The van der Waals surface area contributed by atoms with Crippen molar-refractivity contribution in [1.82, 2.24) is 9.55 Å². The van der Waals surface area contributed by atoms with E-state index < -0.39 is 5.60 Å². The predicted octanol–water partition coefficient (Wildman–Crippen LogP) is 2.89. The highest BCUT2D eigenvalue weighted by Crippen LogP contribution is 2.42. The lowest BCUT2D eigenvalue weighted by Gasteiger charge is -2.42. The molecular weight excluding hydrogens is 278 g/mol. The number of rotatable bonds is 3. The fourth-order valence-corrected chi connectivity index (χ4v) is 3.74. The van der Waals surface area contributed by atoms with Gasteiger partial charge in [-0.05, 0) is 43.2 Å². The molecule has 0 spiro atoms. The first kappa shape index (κ1) is 15.0. The molecule has 1 aliphatic rings. The Morgan fingerprint density at radius 1 is 1.41 bits per heavy atom. The Kier molecular flexibility index (Phi) is 3.67. The van der Waals surface area contributed by atoms with Crippen LogP contribution in [0.3, 0.4) is 0 Å². The minimum absolute atomic E-state index is 0.0858. The highest BCUT2D eigenvalue weighted by atomic mass is 16.3. The van der Waals surface area contributed by atoms with Gasteiger partial charge in [0, 0.05) is 6.54 Å². The first-order valence-electron chi connectivity index (χ1n) is 7.63. The van der Waals surface area contributed by atoms with Crippen LogP contribution in [-0.2, 0) is 6.54 Å². The zero-order valence-corrected chi connectivity index (χ0v) is 12.8. The molecule has 2 N–H and O–H groups in total. The van der Waals surface area contributed by atoms with Crippen molar-refractivity contribution in [3.8, 4) is 0 Å². The summed E-state index contributed by atoms with van der Waals surface area (Å²) in [5, 5.41) is 19.9. The second kappa shape index (κ2) is 5.38. The number of fused-ring (bicyclic) bond motifs is 1. The Bertz CT molecular complexity index is 733. The number of aliphatic hydroxyl groups excluding tert-OH is 1. The first-order valence-corrected chi connectivity index (χ1v) is 7.63. The lowest BCUT2D eigenvalue weighted by atomic mass is 9.68. The Morgan fingerprint density at radius 3 is 2.95 bits per heavy atom. The van der Waals surface area contributed by atoms with E-state index in [-0.39, 0.29) is 12.0 Å². The quantitative estimate of drug-likeness (QED) is 0.857. The maximum absolute atomic E-state index is 10.4. The van der Waals surface area contributed by atoms with Gasteiger partial charge in [0.2, 0.25) is 0 Å². The van der Waals surface area contributed by atoms with Gasteiger partial charge in [-0.15, -0.1) is 0 Å². The van der Waals surface area contributed by atoms with E-state index in [1.165, 1.54) is 0 Å². The van der Waals surface area contributed by atoms with Gasteiger partial charge in [0.15, 0.2) is 5.69 Å². The van der Waals surface area contributed by atoms with Crippen LogP contribution in [0, 0.1) is 12.0 Å². The van der Waals surface area contributed by atoms with E-state index in [1.807, 2.05) is 12.1 Å². The third-order valence-corrected chi connectivity index (χ3v) is 4.76. The molecule has 2 aromatic rings. The summed E-state index contributed by atoms with van der Waals surface area (Å²) < 4.78 is 2.06. The molecule has 1 heterocycles. The third kappa shape index (κ3) is 2.72. The molecule has 1 aromatic heterocycles. The highest BCUT2D eigenvalue weighted by Gasteiger charge is 2.40. The van der Waals surface area contributed by atoms with Crippen LogP contribution in [0.1, 0.15) is 32.6 Å². The number of benzene rings is 1. The Hall–Kier alpha value is -1.90. The van der Waals surface area contributed by atoms with Crippen LogP contribution in [0.15, 0.2) is 24.5 Å². The van der Waals surface area contributed by atoms with Crippen LogP contribution >= 0.6 is 0 Å². The number of aromatic nitrogens is 2. The number of nitrogens with zero attached hydrogens (tertiary/aromatic N) is 3. The van der Waals surface area contributed by atoms with Crippen molar-refractivity contribution in [2.75, 3.05) is 6.61 Å². The van der Waals surface area contributed by atoms with Crippen LogP contribution in [0.2, 0.25) is 0 Å². The summed E-state index contributed by atoms with van der Waals surface area (Å²) in [6, 6.07) is 5.51. The van der Waals surface area contributed by atoms with Crippen molar-refractivity contribution in [3.63, 3.8) is 0 Å². The highest BCUT2D eigenvalue weighted by molar-refractivity contribution is 5.79. The first-order chi connectivity index (χ1) is 10.5. The van der Waals surface area contributed by atoms with Crippen LogP contribution in [-0.4, -0.2) is 32.0 Å². The Morgan fingerprint density at radius 2 is 2.23 bits per heavy atom. The van der Waals surface area contributed by atoms with E-state index in [2.05, 4.69) is 21.3 Å². The second-order valence-electron chi connectivity index (χ2n) is 6.88. The molecule has 2 atom stereocenters. The van der Waals surface area contributed by atoms with Crippen LogP contribution in [0.5, 0.6) is 0 Å². The number of aliphatic hydroxyl groups is 2. The molecule has 0 radical (unpaired) electrons. The van der Waals surface area contributed by atoms with Crippen molar-refractivity contribution in [3.05, 3.63) is 35.9 Å². The molecule has 1 aromatic carbocycles. The second-order valence-corrected chi connectivity index (χ2v) is 6.88.